The number of aromatic nitrogens is 4. The summed E-state index contributed by atoms with van der Waals surface area (Å²) >= 11 is 0. The molecule has 1 fully saturated rings. The summed E-state index contributed by atoms with van der Waals surface area (Å²) in [6.07, 6.45) is 2.68. The standard InChI is InChI=1S/C21H32N8O2/c1-14-18(26(3)4)12-19(24-23-14)27(5)20-16-13-28(21(30)22-2)9-6-17(16)29(25-20)15-7-10-31-11-8-15/h12,15H,6-11,13H2,1-5H3,(H,22,30). The Morgan fingerprint density at radius 1 is 1.23 bits per heavy atom. The zero-order valence-electron chi connectivity index (χ0n) is 19.1. The molecule has 10 heteroatoms. The van der Waals surface area contributed by atoms with E-state index in [1.165, 1.54) is 5.69 Å². The number of aryl methyl sites for hydroxylation is 1. The molecule has 4 heterocycles. The minimum Gasteiger partial charge on any atom is -0.381 e. The fraction of sp³-hybridized carbons (Fsp3) is 0.619. The molecule has 2 aromatic rings. The van der Waals surface area contributed by atoms with Crippen molar-refractivity contribution in [2.45, 2.75) is 38.8 Å². The number of carbonyl (C=O) groups excluding carboxylic acids is 1. The van der Waals surface area contributed by atoms with E-state index in [4.69, 9.17) is 9.84 Å². The van der Waals surface area contributed by atoms with Gasteiger partial charge >= 0.3 is 6.03 Å². The zero-order chi connectivity index (χ0) is 22.1. The van der Waals surface area contributed by atoms with Crippen LogP contribution in [0.5, 0.6) is 0 Å². The van der Waals surface area contributed by atoms with Gasteiger partial charge in [-0.3, -0.25) is 4.68 Å². The minimum atomic E-state index is -0.0666. The van der Waals surface area contributed by atoms with Crippen LogP contribution in [0.1, 0.15) is 35.8 Å². The summed E-state index contributed by atoms with van der Waals surface area (Å²) in [5, 5.41) is 16.6. The van der Waals surface area contributed by atoms with Gasteiger partial charge in [-0.2, -0.15) is 10.2 Å². The van der Waals surface area contributed by atoms with E-state index in [1.807, 2.05) is 48.8 Å². The van der Waals surface area contributed by atoms with Crippen molar-refractivity contribution >= 4 is 23.4 Å². The molecule has 4 rings (SSSR count). The molecule has 2 amide bonds. The molecule has 0 atom stereocenters. The zero-order valence-corrected chi connectivity index (χ0v) is 19.1. The fourth-order valence-corrected chi connectivity index (χ4v) is 4.42. The molecule has 0 radical (unpaired) electrons. The Kier molecular flexibility index (Phi) is 5.99. The Bertz CT molecular complexity index is 951. The summed E-state index contributed by atoms with van der Waals surface area (Å²) in [6.45, 7) is 4.67. The fourth-order valence-electron chi connectivity index (χ4n) is 4.42. The lowest BCUT2D eigenvalue weighted by molar-refractivity contribution is 0.0651. The van der Waals surface area contributed by atoms with Crippen molar-refractivity contribution in [3.8, 4) is 0 Å². The molecule has 1 saturated heterocycles. The summed E-state index contributed by atoms with van der Waals surface area (Å²) < 4.78 is 7.74. The molecular formula is C21H32N8O2. The molecule has 168 valence electrons. The first-order chi connectivity index (χ1) is 14.9. The Balaban J connectivity index is 1.75. The Labute approximate surface area is 183 Å². The molecule has 2 aromatic heterocycles. The molecule has 1 N–H and O–H groups in total. The smallest absolute Gasteiger partial charge is 0.317 e. The molecule has 0 unspecified atom stereocenters. The van der Waals surface area contributed by atoms with Gasteiger partial charge in [-0.1, -0.05) is 0 Å². The van der Waals surface area contributed by atoms with Crippen LogP contribution in [0.4, 0.5) is 22.1 Å². The average molecular weight is 429 g/mol. The number of fused-ring (bicyclic) bond motifs is 1. The maximum absolute atomic E-state index is 12.3. The van der Waals surface area contributed by atoms with Crippen molar-refractivity contribution in [1.29, 1.82) is 0 Å². The van der Waals surface area contributed by atoms with Crippen LogP contribution in [0.25, 0.3) is 0 Å². The number of ether oxygens (including phenoxy) is 1. The molecule has 0 spiro atoms. The molecule has 31 heavy (non-hydrogen) atoms. The number of anilines is 3. The largest absolute Gasteiger partial charge is 0.381 e. The van der Waals surface area contributed by atoms with E-state index in [9.17, 15) is 4.79 Å². The van der Waals surface area contributed by atoms with E-state index < -0.39 is 0 Å². The third-order valence-electron chi connectivity index (χ3n) is 6.18. The summed E-state index contributed by atoms with van der Waals surface area (Å²) in [7, 11) is 7.63. The monoisotopic (exact) mass is 428 g/mol. The van der Waals surface area contributed by atoms with Gasteiger partial charge in [0.2, 0.25) is 0 Å². The molecular weight excluding hydrogens is 396 g/mol. The number of carbonyl (C=O) groups is 1. The molecule has 0 aromatic carbocycles. The molecule has 0 bridgehead atoms. The van der Waals surface area contributed by atoms with Crippen LogP contribution in [-0.4, -0.2) is 78.9 Å². The van der Waals surface area contributed by atoms with Crippen LogP contribution in [0, 0.1) is 6.92 Å². The third kappa shape index (κ3) is 4.04. The highest BCUT2D eigenvalue weighted by molar-refractivity contribution is 5.75. The molecule has 2 aliphatic rings. The number of nitrogens with zero attached hydrogens (tertiary/aromatic N) is 7. The molecule has 10 nitrogen and oxygen atoms in total. The second kappa shape index (κ2) is 8.70. The topological polar surface area (TPSA) is 91.7 Å². The molecule has 0 aliphatic carbocycles. The van der Waals surface area contributed by atoms with Gasteiger partial charge in [-0.25, -0.2) is 4.79 Å². The van der Waals surface area contributed by atoms with Gasteiger partial charge in [0.25, 0.3) is 0 Å². The van der Waals surface area contributed by atoms with E-state index in [-0.39, 0.29) is 6.03 Å². The van der Waals surface area contributed by atoms with Crippen LogP contribution in [-0.2, 0) is 17.7 Å². The van der Waals surface area contributed by atoms with Gasteiger partial charge in [0, 0.05) is 71.7 Å². The Morgan fingerprint density at radius 2 is 1.97 bits per heavy atom. The van der Waals surface area contributed by atoms with E-state index in [0.717, 1.165) is 61.1 Å². The summed E-state index contributed by atoms with van der Waals surface area (Å²) in [6, 6.07) is 2.28. The van der Waals surface area contributed by atoms with Gasteiger partial charge < -0.3 is 24.8 Å². The van der Waals surface area contributed by atoms with Crippen molar-refractivity contribution in [1.82, 2.24) is 30.2 Å². The van der Waals surface area contributed by atoms with Gasteiger partial charge in [-0.15, -0.1) is 5.10 Å². The maximum Gasteiger partial charge on any atom is 0.317 e. The quantitative estimate of drug-likeness (QED) is 0.795. The number of amides is 2. The van der Waals surface area contributed by atoms with Crippen LogP contribution < -0.4 is 15.1 Å². The number of rotatable bonds is 4. The van der Waals surface area contributed by atoms with E-state index in [0.29, 0.717) is 19.1 Å². The van der Waals surface area contributed by atoms with Crippen LogP contribution in [0.15, 0.2) is 6.07 Å². The number of urea groups is 1. The van der Waals surface area contributed by atoms with Crippen molar-refractivity contribution in [2.75, 3.05) is 57.7 Å². The van der Waals surface area contributed by atoms with E-state index in [1.54, 1.807) is 7.05 Å². The highest BCUT2D eigenvalue weighted by atomic mass is 16.5. The van der Waals surface area contributed by atoms with Gasteiger partial charge in [0.05, 0.1) is 24.0 Å². The summed E-state index contributed by atoms with van der Waals surface area (Å²) in [5.41, 5.74) is 4.18. The lowest BCUT2D eigenvalue weighted by atomic mass is 10.0. The normalized spacial score (nSPS) is 16.7. The number of hydrogen-bond acceptors (Lipinski definition) is 7. The first kappa shape index (κ1) is 21.4. The Morgan fingerprint density at radius 3 is 2.65 bits per heavy atom. The second-order valence-corrected chi connectivity index (χ2v) is 8.39. The minimum absolute atomic E-state index is 0.0666. The van der Waals surface area contributed by atoms with Crippen LogP contribution >= 0.6 is 0 Å². The predicted molar refractivity (Wildman–Crippen MR) is 119 cm³/mol. The van der Waals surface area contributed by atoms with Gasteiger partial charge in [0.15, 0.2) is 11.6 Å². The predicted octanol–water partition coefficient (Wildman–Crippen LogP) is 1.86. The van der Waals surface area contributed by atoms with Gasteiger partial charge in [0.1, 0.15) is 0 Å². The first-order valence-corrected chi connectivity index (χ1v) is 10.8. The summed E-state index contributed by atoms with van der Waals surface area (Å²) in [5.74, 6) is 1.56. The van der Waals surface area contributed by atoms with E-state index in [2.05, 4.69) is 20.2 Å². The lowest BCUT2D eigenvalue weighted by Gasteiger charge is -2.30. The van der Waals surface area contributed by atoms with Crippen molar-refractivity contribution < 1.29 is 9.53 Å². The van der Waals surface area contributed by atoms with Crippen LogP contribution in [0.3, 0.4) is 0 Å². The second-order valence-electron chi connectivity index (χ2n) is 8.39. The number of hydrogen-bond donors (Lipinski definition) is 1. The van der Waals surface area contributed by atoms with Crippen molar-refractivity contribution in [2.24, 2.45) is 0 Å². The third-order valence-corrected chi connectivity index (χ3v) is 6.18. The highest BCUT2D eigenvalue weighted by Crippen LogP contribution is 2.35. The molecule has 0 saturated carbocycles. The SMILES string of the molecule is CNC(=O)N1CCc2c(c(N(C)c3cc(N(C)C)c(C)nn3)nn2C2CCOCC2)C1. The summed E-state index contributed by atoms with van der Waals surface area (Å²) in [4.78, 5) is 18.2. The van der Waals surface area contributed by atoms with Crippen LogP contribution in [0.2, 0.25) is 0 Å². The number of nitrogens with one attached hydrogen (secondary N) is 1. The first-order valence-electron chi connectivity index (χ1n) is 10.8. The lowest BCUT2D eigenvalue weighted by Crippen LogP contribution is -2.41. The van der Waals surface area contributed by atoms with Crippen molar-refractivity contribution in [3.63, 3.8) is 0 Å². The van der Waals surface area contributed by atoms with Gasteiger partial charge in [-0.05, 0) is 19.8 Å². The molecule has 2 aliphatic heterocycles. The highest BCUT2D eigenvalue weighted by Gasteiger charge is 2.32. The van der Waals surface area contributed by atoms with Crippen molar-refractivity contribution in [3.05, 3.63) is 23.0 Å². The Hall–Kier alpha value is -2.88. The average Bonchev–Trinajstić information content (AvgIpc) is 3.17. The maximum atomic E-state index is 12.3. The van der Waals surface area contributed by atoms with E-state index >= 15 is 0 Å².